The second kappa shape index (κ2) is 7.56. The predicted octanol–water partition coefficient (Wildman–Crippen LogP) is 0.979. The van der Waals surface area contributed by atoms with Crippen LogP contribution in [-0.2, 0) is 9.53 Å². The van der Waals surface area contributed by atoms with Gasteiger partial charge in [-0.25, -0.2) is 0 Å². The molecule has 0 bridgehead atoms. The fourth-order valence-corrected chi connectivity index (χ4v) is 3.64. The Bertz CT molecular complexity index is 344. The molecule has 1 heterocycles. The lowest BCUT2D eigenvalue weighted by atomic mass is 9.89. The molecule has 5 nitrogen and oxygen atoms in total. The first-order valence-electron chi connectivity index (χ1n) is 8.38. The van der Waals surface area contributed by atoms with Crippen LogP contribution in [0.4, 0.5) is 0 Å². The second-order valence-electron chi connectivity index (χ2n) is 6.74. The molecule has 2 atom stereocenters. The second-order valence-corrected chi connectivity index (χ2v) is 6.74. The zero-order valence-corrected chi connectivity index (χ0v) is 13.6. The van der Waals surface area contributed by atoms with E-state index in [2.05, 4.69) is 17.1 Å². The molecule has 3 N–H and O–H groups in total. The van der Waals surface area contributed by atoms with Gasteiger partial charge in [-0.15, -0.1) is 0 Å². The number of carbonyl (C=O) groups is 1. The minimum Gasteiger partial charge on any atom is -0.384 e. The van der Waals surface area contributed by atoms with E-state index in [1.807, 2.05) is 0 Å². The first kappa shape index (κ1) is 16.7. The van der Waals surface area contributed by atoms with Crippen LogP contribution in [0, 0.1) is 11.8 Å². The van der Waals surface area contributed by atoms with Crippen molar-refractivity contribution >= 4 is 5.91 Å². The van der Waals surface area contributed by atoms with Gasteiger partial charge in [-0.05, 0) is 57.0 Å². The highest BCUT2D eigenvalue weighted by molar-refractivity contribution is 5.86. The largest absolute Gasteiger partial charge is 0.384 e. The summed E-state index contributed by atoms with van der Waals surface area (Å²) in [5.74, 6) is 0.830. The van der Waals surface area contributed by atoms with Crippen molar-refractivity contribution in [1.82, 2.24) is 10.2 Å². The number of primary amides is 1. The third kappa shape index (κ3) is 4.18. The van der Waals surface area contributed by atoms with Crippen LogP contribution in [0.1, 0.15) is 39.0 Å². The Morgan fingerprint density at radius 3 is 2.76 bits per heavy atom. The molecule has 2 rings (SSSR count). The molecule has 1 amide bonds. The summed E-state index contributed by atoms with van der Waals surface area (Å²) >= 11 is 0. The summed E-state index contributed by atoms with van der Waals surface area (Å²) in [6, 6.07) is 0. The monoisotopic (exact) mass is 297 g/mol. The van der Waals surface area contributed by atoms with E-state index in [9.17, 15) is 4.79 Å². The smallest absolute Gasteiger partial charge is 0.239 e. The van der Waals surface area contributed by atoms with E-state index in [1.165, 1.54) is 12.8 Å². The van der Waals surface area contributed by atoms with E-state index in [-0.39, 0.29) is 5.91 Å². The number of nitrogens with zero attached hydrogens (tertiary/aromatic N) is 1. The maximum absolute atomic E-state index is 12.2. The molecule has 0 spiro atoms. The van der Waals surface area contributed by atoms with E-state index in [0.29, 0.717) is 11.8 Å². The van der Waals surface area contributed by atoms with E-state index < -0.39 is 5.54 Å². The quantitative estimate of drug-likeness (QED) is 0.666. The molecule has 2 fully saturated rings. The van der Waals surface area contributed by atoms with Gasteiger partial charge in [-0.1, -0.05) is 6.92 Å². The van der Waals surface area contributed by atoms with Crippen molar-refractivity contribution < 1.29 is 9.53 Å². The number of hydrogen-bond donors (Lipinski definition) is 2. The van der Waals surface area contributed by atoms with Crippen LogP contribution in [0.15, 0.2) is 0 Å². The molecule has 2 aliphatic rings. The third-order valence-electron chi connectivity index (χ3n) is 4.88. The van der Waals surface area contributed by atoms with Crippen molar-refractivity contribution in [2.75, 3.05) is 39.9 Å². The van der Waals surface area contributed by atoms with Gasteiger partial charge in [0.2, 0.25) is 5.91 Å². The number of rotatable bonds is 9. The molecule has 5 heteroatoms. The van der Waals surface area contributed by atoms with Crippen LogP contribution in [0.2, 0.25) is 0 Å². The summed E-state index contributed by atoms with van der Waals surface area (Å²) in [4.78, 5) is 14.6. The molecule has 21 heavy (non-hydrogen) atoms. The lowest BCUT2D eigenvalue weighted by Gasteiger charge is -2.40. The molecule has 1 aliphatic carbocycles. The van der Waals surface area contributed by atoms with E-state index in [1.54, 1.807) is 7.11 Å². The maximum atomic E-state index is 12.2. The van der Waals surface area contributed by atoms with Gasteiger partial charge in [0.05, 0.1) is 6.61 Å². The van der Waals surface area contributed by atoms with E-state index in [4.69, 9.17) is 10.5 Å². The van der Waals surface area contributed by atoms with Crippen LogP contribution in [-0.4, -0.2) is 56.2 Å². The predicted molar refractivity (Wildman–Crippen MR) is 84.0 cm³/mol. The molecule has 0 aromatic rings. The third-order valence-corrected chi connectivity index (χ3v) is 4.88. The number of nitrogens with one attached hydrogen (secondary N) is 1. The highest BCUT2D eigenvalue weighted by atomic mass is 16.5. The Morgan fingerprint density at radius 2 is 2.19 bits per heavy atom. The first-order chi connectivity index (χ1) is 10.1. The molecule has 0 aromatic carbocycles. The normalized spacial score (nSPS) is 26.5. The Morgan fingerprint density at radius 1 is 1.43 bits per heavy atom. The number of methoxy groups -OCH3 is 1. The van der Waals surface area contributed by atoms with Crippen LogP contribution in [0.25, 0.3) is 0 Å². The van der Waals surface area contributed by atoms with Crippen molar-refractivity contribution in [3.05, 3.63) is 0 Å². The average Bonchev–Trinajstić information content (AvgIpc) is 3.29. The molecule has 1 aliphatic heterocycles. The van der Waals surface area contributed by atoms with Crippen LogP contribution >= 0.6 is 0 Å². The number of carbonyl (C=O) groups excluding carboxylic acids is 1. The summed E-state index contributed by atoms with van der Waals surface area (Å²) in [7, 11) is 1.76. The van der Waals surface area contributed by atoms with Crippen molar-refractivity contribution in [3.63, 3.8) is 0 Å². The Balaban J connectivity index is 2.01. The van der Waals surface area contributed by atoms with Crippen molar-refractivity contribution in [3.8, 4) is 0 Å². The Labute approximate surface area is 128 Å². The lowest BCUT2D eigenvalue weighted by Crippen LogP contribution is -2.64. The molecule has 0 radical (unpaired) electrons. The zero-order valence-electron chi connectivity index (χ0n) is 13.6. The first-order valence-corrected chi connectivity index (χ1v) is 8.38. The maximum Gasteiger partial charge on any atom is 0.239 e. The number of piperidine rings is 1. The standard InChI is InChI=1S/C16H31N3O2/c1-3-8-18-16(15(17)20,14-6-7-14)12-19-9-4-5-13(10-19)11-21-2/h13-14,18H,3-12H2,1-2H3,(H2,17,20). The number of hydrogen-bond acceptors (Lipinski definition) is 4. The molecular formula is C16H31N3O2. The van der Waals surface area contributed by atoms with Crippen LogP contribution in [0.3, 0.4) is 0 Å². The van der Waals surface area contributed by atoms with E-state index >= 15 is 0 Å². The van der Waals surface area contributed by atoms with Gasteiger partial charge in [0.1, 0.15) is 5.54 Å². The van der Waals surface area contributed by atoms with Crippen LogP contribution < -0.4 is 11.1 Å². The number of amides is 1. The minimum absolute atomic E-state index is 0.174. The van der Waals surface area contributed by atoms with Gasteiger partial charge in [-0.2, -0.15) is 0 Å². The molecule has 0 aromatic heterocycles. The highest BCUT2D eigenvalue weighted by Crippen LogP contribution is 2.40. The number of ether oxygens (including phenoxy) is 1. The number of nitrogens with two attached hydrogens (primary N) is 1. The number of likely N-dealkylation sites (tertiary alicyclic amines) is 1. The van der Waals surface area contributed by atoms with Gasteiger partial charge in [0, 0.05) is 20.2 Å². The summed E-state index contributed by atoms with van der Waals surface area (Å²) in [6.45, 7) is 6.63. The van der Waals surface area contributed by atoms with E-state index in [0.717, 1.165) is 52.0 Å². The van der Waals surface area contributed by atoms with Crippen molar-refractivity contribution in [2.45, 2.75) is 44.6 Å². The average molecular weight is 297 g/mol. The SMILES string of the molecule is CCCNC(CN1CCCC(COC)C1)(C(N)=O)C1CC1. The van der Waals surface area contributed by atoms with Gasteiger partial charge in [-0.3, -0.25) is 4.79 Å². The summed E-state index contributed by atoms with van der Waals surface area (Å²) in [5.41, 5.74) is 5.29. The summed E-state index contributed by atoms with van der Waals surface area (Å²) in [5, 5.41) is 3.49. The molecule has 122 valence electrons. The van der Waals surface area contributed by atoms with Gasteiger partial charge < -0.3 is 20.7 Å². The minimum atomic E-state index is -0.523. The molecular weight excluding hydrogens is 266 g/mol. The lowest BCUT2D eigenvalue weighted by molar-refractivity contribution is -0.126. The summed E-state index contributed by atoms with van der Waals surface area (Å²) < 4.78 is 5.30. The fraction of sp³-hybridized carbons (Fsp3) is 0.938. The zero-order chi connectivity index (χ0) is 15.3. The van der Waals surface area contributed by atoms with Gasteiger partial charge in [0.25, 0.3) is 0 Å². The van der Waals surface area contributed by atoms with Crippen LogP contribution in [0.5, 0.6) is 0 Å². The van der Waals surface area contributed by atoms with Gasteiger partial charge in [0.15, 0.2) is 0 Å². The summed E-state index contributed by atoms with van der Waals surface area (Å²) in [6.07, 6.45) is 5.67. The van der Waals surface area contributed by atoms with Crippen molar-refractivity contribution in [1.29, 1.82) is 0 Å². The Kier molecular flexibility index (Phi) is 6.02. The topological polar surface area (TPSA) is 67.6 Å². The van der Waals surface area contributed by atoms with Gasteiger partial charge >= 0.3 is 0 Å². The van der Waals surface area contributed by atoms with Crippen molar-refractivity contribution in [2.24, 2.45) is 17.6 Å². The fourth-order valence-electron chi connectivity index (χ4n) is 3.64. The molecule has 1 saturated carbocycles. The molecule has 2 unspecified atom stereocenters. The Hall–Kier alpha value is -0.650. The highest BCUT2D eigenvalue weighted by Gasteiger charge is 2.50. The molecule has 1 saturated heterocycles.